The highest BCUT2D eigenvalue weighted by atomic mass is 79.9. The Hall–Kier alpha value is -0.910. The SMILES string of the molecule is CC(Br)C(=O)c1cc(C(O)C(=O)O)ccc1CCl. The van der Waals surface area contributed by atoms with Gasteiger partial charge in [-0.2, -0.15) is 0 Å². The predicted octanol–water partition coefficient (Wildman–Crippen LogP) is 2.51. The van der Waals surface area contributed by atoms with Gasteiger partial charge in [-0.15, -0.1) is 11.6 Å². The summed E-state index contributed by atoms with van der Waals surface area (Å²) in [6.45, 7) is 1.67. The van der Waals surface area contributed by atoms with Gasteiger partial charge in [0.25, 0.3) is 0 Å². The monoisotopic (exact) mass is 334 g/mol. The van der Waals surface area contributed by atoms with Crippen molar-refractivity contribution >= 4 is 39.3 Å². The summed E-state index contributed by atoms with van der Waals surface area (Å²) in [5.74, 6) is -1.42. The van der Waals surface area contributed by atoms with E-state index in [1.54, 1.807) is 13.0 Å². The van der Waals surface area contributed by atoms with E-state index in [1.807, 2.05) is 0 Å². The zero-order valence-electron chi connectivity index (χ0n) is 9.56. The fourth-order valence-electron chi connectivity index (χ4n) is 1.47. The lowest BCUT2D eigenvalue weighted by Crippen LogP contribution is -2.15. The Morgan fingerprint density at radius 3 is 2.50 bits per heavy atom. The molecule has 1 aromatic carbocycles. The standard InChI is InChI=1S/C12H12BrClO4/c1-6(13)10(15)9-4-7(11(16)12(17)18)2-3-8(9)5-14/h2-4,6,11,16H,5H2,1H3,(H,17,18). The van der Waals surface area contributed by atoms with Gasteiger partial charge in [-0.05, 0) is 24.1 Å². The lowest BCUT2D eigenvalue weighted by molar-refractivity contribution is -0.146. The van der Waals surface area contributed by atoms with E-state index in [9.17, 15) is 14.7 Å². The number of alkyl halides is 2. The Bertz CT molecular complexity index is 473. The fourth-order valence-corrected chi connectivity index (χ4v) is 1.95. The number of carboxylic acids is 1. The van der Waals surface area contributed by atoms with Crippen molar-refractivity contribution in [3.63, 3.8) is 0 Å². The van der Waals surface area contributed by atoms with Crippen molar-refractivity contribution in [1.82, 2.24) is 0 Å². The third-order valence-electron chi connectivity index (χ3n) is 2.45. The van der Waals surface area contributed by atoms with E-state index in [1.165, 1.54) is 12.1 Å². The molecule has 0 bridgehead atoms. The lowest BCUT2D eigenvalue weighted by Gasteiger charge is -2.12. The van der Waals surface area contributed by atoms with E-state index in [2.05, 4.69) is 15.9 Å². The summed E-state index contributed by atoms with van der Waals surface area (Å²) >= 11 is 8.89. The molecular formula is C12H12BrClO4. The minimum Gasteiger partial charge on any atom is -0.479 e. The highest BCUT2D eigenvalue weighted by Gasteiger charge is 2.21. The molecule has 0 saturated heterocycles. The van der Waals surface area contributed by atoms with Gasteiger partial charge in [0, 0.05) is 11.4 Å². The summed E-state index contributed by atoms with van der Waals surface area (Å²) in [6, 6.07) is 4.37. The summed E-state index contributed by atoms with van der Waals surface area (Å²) in [6.07, 6.45) is -1.65. The van der Waals surface area contributed by atoms with Gasteiger partial charge in [-0.25, -0.2) is 4.79 Å². The van der Waals surface area contributed by atoms with Gasteiger partial charge < -0.3 is 10.2 Å². The molecule has 0 aromatic heterocycles. The average molecular weight is 336 g/mol. The van der Waals surface area contributed by atoms with Gasteiger partial charge in [-0.1, -0.05) is 28.1 Å². The number of ketones is 1. The Kier molecular flexibility index (Phi) is 5.31. The normalized spacial score (nSPS) is 14.0. The van der Waals surface area contributed by atoms with Gasteiger partial charge in [0.1, 0.15) is 0 Å². The van der Waals surface area contributed by atoms with Gasteiger partial charge in [-0.3, -0.25) is 4.79 Å². The molecule has 0 heterocycles. The largest absolute Gasteiger partial charge is 0.479 e. The third-order valence-corrected chi connectivity index (χ3v) is 3.16. The Morgan fingerprint density at radius 1 is 1.44 bits per heavy atom. The first-order valence-corrected chi connectivity index (χ1v) is 6.61. The van der Waals surface area contributed by atoms with Crippen LogP contribution in [0.3, 0.4) is 0 Å². The zero-order valence-corrected chi connectivity index (χ0v) is 11.9. The first-order valence-electron chi connectivity index (χ1n) is 5.16. The number of halogens is 2. The number of hydrogen-bond donors (Lipinski definition) is 2. The number of benzene rings is 1. The molecule has 0 radical (unpaired) electrons. The quantitative estimate of drug-likeness (QED) is 0.640. The Morgan fingerprint density at radius 2 is 2.06 bits per heavy atom. The van der Waals surface area contributed by atoms with Crippen LogP contribution in [0.5, 0.6) is 0 Å². The van der Waals surface area contributed by atoms with Crippen molar-refractivity contribution in [2.45, 2.75) is 23.7 Å². The fraction of sp³-hybridized carbons (Fsp3) is 0.333. The Balaban J connectivity index is 3.25. The molecule has 2 N–H and O–H groups in total. The number of hydrogen-bond acceptors (Lipinski definition) is 3. The molecule has 2 unspecified atom stereocenters. The number of aliphatic hydroxyl groups is 1. The zero-order chi connectivity index (χ0) is 13.9. The van der Waals surface area contributed by atoms with Crippen molar-refractivity contribution in [1.29, 1.82) is 0 Å². The van der Waals surface area contributed by atoms with E-state index in [0.717, 1.165) is 0 Å². The predicted molar refractivity (Wildman–Crippen MR) is 71.3 cm³/mol. The van der Waals surface area contributed by atoms with E-state index >= 15 is 0 Å². The summed E-state index contributed by atoms with van der Waals surface area (Å²) in [4.78, 5) is 22.2. The summed E-state index contributed by atoms with van der Waals surface area (Å²) in [5, 5.41) is 18.2. The second kappa shape index (κ2) is 6.31. The molecule has 0 aliphatic carbocycles. The average Bonchev–Trinajstić information content (AvgIpc) is 2.35. The van der Waals surface area contributed by atoms with E-state index in [4.69, 9.17) is 16.7 Å². The molecule has 6 heteroatoms. The first kappa shape index (κ1) is 15.1. The number of aliphatic carboxylic acids is 1. The molecule has 0 aliphatic heterocycles. The van der Waals surface area contributed by atoms with Crippen LogP contribution >= 0.6 is 27.5 Å². The summed E-state index contributed by atoms with van der Waals surface area (Å²) in [7, 11) is 0. The molecule has 1 rings (SSSR count). The van der Waals surface area contributed by atoms with Crippen molar-refractivity contribution < 1.29 is 19.8 Å². The van der Waals surface area contributed by atoms with E-state index in [0.29, 0.717) is 11.1 Å². The third kappa shape index (κ3) is 3.31. The van der Waals surface area contributed by atoms with E-state index in [-0.39, 0.29) is 17.2 Å². The molecular weight excluding hydrogens is 323 g/mol. The van der Waals surface area contributed by atoms with Crippen molar-refractivity contribution in [2.75, 3.05) is 0 Å². The van der Waals surface area contributed by atoms with Crippen LogP contribution in [0.4, 0.5) is 0 Å². The molecule has 0 amide bonds. The molecule has 98 valence electrons. The van der Waals surface area contributed by atoms with Crippen LogP contribution in [0.1, 0.15) is 34.5 Å². The van der Waals surface area contributed by atoms with Gasteiger partial charge in [0.2, 0.25) is 0 Å². The molecule has 0 aliphatic rings. The van der Waals surface area contributed by atoms with Crippen molar-refractivity contribution in [3.8, 4) is 0 Å². The molecule has 0 saturated carbocycles. The minimum absolute atomic E-state index is 0.143. The molecule has 0 spiro atoms. The molecule has 1 aromatic rings. The highest BCUT2D eigenvalue weighted by molar-refractivity contribution is 9.10. The van der Waals surface area contributed by atoms with Gasteiger partial charge >= 0.3 is 5.97 Å². The van der Waals surface area contributed by atoms with Crippen LogP contribution in [-0.4, -0.2) is 26.8 Å². The Labute approximate surface area is 118 Å². The van der Waals surface area contributed by atoms with Crippen LogP contribution < -0.4 is 0 Å². The second-order valence-electron chi connectivity index (χ2n) is 3.77. The van der Waals surface area contributed by atoms with Gasteiger partial charge in [0.15, 0.2) is 11.9 Å². The first-order chi connectivity index (χ1) is 8.38. The van der Waals surface area contributed by atoms with E-state index < -0.39 is 16.9 Å². The number of Topliss-reactive ketones (excluding diaryl/α,β-unsaturated/α-hetero) is 1. The number of carbonyl (C=O) groups excluding carboxylic acids is 1. The highest BCUT2D eigenvalue weighted by Crippen LogP contribution is 2.22. The van der Waals surface area contributed by atoms with Gasteiger partial charge in [0.05, 0.1) is 4.83 Å². The van der Waals surface area contributed by atoms with Crippen LogP contribution in [0.25, 0.3) is 0 Å². The van der Waals surface area contributed by atoms with Crippen LogP contribution in [0.2, 0.25) is 0 Å². The lowest BCUT2D eigenvalue weighted by atomic mass is 9.98. The van der Waals surface area contributed by atoms with Crippen molar-refractivity contribution in [2.24, 2.45) is 0 Å². The molecule has 18 heavy (non-hydrogen) atoms. The molecule has 4 nitrogen and oxygen atoms in total. The smallest absolute Gasteiger partial charge is 0.337 e. The number of carboxylic acid groups (broad SMARTS) is 1. The maximum atomic E-state index is 11.9. The summed E-state index contributed by atoms with van der Waals surface area (Å²) < 4.78 is 0. The summed E-state index contributed by atoms with van der Waals surface area (Å²) in [5.41, 5.74) is 1.09. The number of rotatable bonds is 5. The number of carbonyl (C=O) groups is 2. The maximum Gasteiger partial charge on any atom is 0.337 e. The second-order valence-corrected chi connectivity index (χ2v) is 5.41. The molecule has 0 fully saturated rings. The molecule has 2 atom stereocenters. The minimum atomic E-state index is -1.65. The van der Waals surface area contributed by atoms with Crippen molar-refractivity contribution in [3.05, 3.63) is 34.9 Å². The maximum absolute atomic E-state index is 11.9. The number of aliphatic hydroxyl groups excluding tert-OH is 1. The van der Waals surface area contributed by atoms with Crippen LogP contribution in [0.15, 0.2) is 18.2 Å². The van der Waals surface area contributed by atoms with Crippen LogP contribution in [0, 0.1) is 0 Å². The topological polar surface area (TPSA) is 74.6 Å². The van der Waals surface area contributed by atoms with Crippen LogP contribution in [-0.2, 0) is 10.7 Å².